The van der Waals surface area contributed by atoms with Gasteiger partial charge in [0.2, 0.25) is 17.4 Å². The van der Waals surface area contributed by atoms with Crippen LogP contribution < -0.4 is 5.32 Å². The summed E-state index contributed by atoms with van der Waals surface area (Å²) in [7, 11) is 2.87. The molecular weight excluding hydrogens is 710 g/mol. The maximum absolute atomic E-state index is 13.4. The van der Waals surface area contributed by atoms with E-state index >= 15 is 0 Å². The molecule has 2 amide bonds. The number of carbonyl (C=O) groups excluding carboxylic acids is 5. The third-order valence-corrected chi connectivity index (χ3v) is 10.5. The second-order valence-electron chi connectivity index (χ2n) is 14.8. The molecule has 2 fully saturated rings. The monoisotopic (exact) mass is 767 g/mol. The zero-order valence-corrected chi connectivity index (χ0v) is 33.8. The normalized spacial score (nSPS) is 25.5. The summed E-state index contributed by atoms with van der Waals surface area (Å²) in [6, 6.07) is 0. The van der Waals surface area contributed by atoms with Crippen LogP contribution in [0.2, 0.25) is 0 Å². The standard InChI is InChI=1S/C41H57N3O11/c1-25(19-15-12-13-16-20-32-24-43-29(5)53-32)35(55-31(7)46)39(8,9)37(48)42-22-18-14-17-21-33(54-30(6)45)26(2)23-34(51-11)41(50)27(3)36(47)44(10)40(41)28(4)52-38(40)49/h12-19,21,24,26-28,33-35,50H,20,22-23H2,1-11H3,(H,42,48)/b15-12+,16-13+,18-14+,21-17+,25-19+. The number of ether oxygens (including phenoxy) is 4. The largest absolute Gasteiger partial charge is 0.458 e. The highest BCUT2D eigenvalue weighted by atomic mass is 16.6. The second-order valence-corrected chi connectivity index (χ2v) is 14.8. The molecule has 2 saturated heterocycles. The van der Waals surface area contributed by atoms with E-state index in [2.05, 4.69) is 10.3 Å². The van der Waals surface area contributed by atoms with Crippen molar-refractivity contribution < 1.29 is 52.4 Å². The van der Waals surface area contributed by atoms with Crippen molar-refractivity contribution in [3.05, 3.63) is 78.1 Å². The summed E-state index contributed by atoms with van der Waals surface area (Å²) in [6.07, 6.45) is 15.0. The molecule has 2 N–H and O–H groups in total. The maximum atomic E-state index is 13.4. The number of likely N-dealkylation sites (tertiary alicyclic amines) is 1. The van der Waals surface area contributed by atoms with Gasteiger partial charge in [-0.2, -0.15) is 0 Å². The van der Waals surface area contributed by atoms with Crippen LogP contribution >= 0.6 is 0 Å². The van der Waals surface area contributed by atoms with Gasteiger partial charge >= 0.3 is 17.9 Å². The van der Waals surface area contributed by atoms with Gasteiger partial charge in [-0.25, -0.2) is 9.78 Å². The lowest BCUT2D eigenvalue weighted by Crippen LogP contribution is -2.80. The minimum Gasteiger partial charge on any atom is -0.458 e. The van der Waals surface area contributed by atoms with Crippen LogP contribution in [0.5, 0.6) is 0 Å². The summed E-state index contributed by atoms with van der Waals surface area (Å²) in [4.78, 5) is 68.8. The lowest BCUT2D eigenvalue weighted by Gasteiger charge is -2.55. The average molecular weight is 768 g/mol. The van der Waals surface area contributed by atoms with E-state index < -0.39 is 76.6 Å². The number of allylic oxidation sites excluding steroid dienone is 7. The van der Waals surface area contributed by atoms with Gasteiger partial charge in [0.25, 0.3) is 0 Å². The minimum atomic E-state index is -1.91. The van der Waals surface area contributed by atoms with Crippen LogP contribution in [0, 0.1) is 24.2 Å². The van der Waals surface area contributed by atoms with Crippen molar-refractivity contribution in [1.82, 2.24) is 15.2 Å². The Bertz CT molecular complexity index is 1720. The predicted molar refractivity (Wildman–Crippen MR) is 203 cm³/mol. The summed E-state index contributed by atoms with van der Waals surface area (Å²) >= 11 is 0. The Labute approximate surface area is 323 Å². The van der Waals surface area contributed by atoms with Crippen molar-refractivity contribution in [1.29, 1.82) is 0 Å². The van der Waals surface area contributed by atoms with Crippen molar-refractivity contribution in [3.8, 4) is 0 Å². The number of hydrogen-bond donors (Lipinski definition) is 2. The Hall–Kier alpha value is -4.82. The van der Waals surface area contributed by atoms with Crippen LogP contribution in [-0.2, 0) is 49.3 Å². The predicted octanol–water partition coefficient (Wildman–Crippen LogP) is 4.27. The lowest BCUT2D eigenvalue weighted by atomic mass is 9.65. The van der Waals surface area contributed by atoms with E-state index in [1.54, 1.807) is 84.2 Å². The molecule has 3 heterocycles. The minimum absolute atomic E-state index is 0.130. The maximum Gasteiger partial charge on any atom is 0.339 e. The highest BCUT2D eigenvalue weighted by Crippen LogP contribution is 2.54. The molecule has 55 heavy (non-hydrogen) atoms. The molecule has 0 radical (unpaired) electrons. The fourth-order valence-corrected chi connectivity index (χ4v) is 7.50. The average Bonchev–Trinajstić information content (AvgIpc) is 3.60. The van der Waals surface area contributed by atoms with E-state index in [0.29, 0.717) is 17.9 Å². The zero-order valence-electron chi connectivity index (χ0n) is 33.8. The lowest BCUT2D eigenvalue weighted by molar-refractivity contribution is -0.255. The highest BCUT2D eigenvalue weighted by Gasteiger charge is 2.80. The third-order valence-electron chi connectivity index (χ3n) is 10.5. The van der Waals surface area contributed by atoms with Crippen molar-refractivity contribution in [2.75, 3.05) is 20.7 Å². The molecule has 0 aliphatic carbocycles. The van der Waals surface area contributed by atoms with Crippen LogP contribution in [0.3, 0.4) is 0 Å². The summed E-state index contributed by atoms with van der Waals surface area (Å²) in [5.41, 5.74) is -3.97. The fraction of sp³-hybridized carbons (Fsp3) is 0.561. The summed E-state index contributed by atoms with van der Waals surface area (Å²) in [6.45, 7) is 14.7. The Balaban J connectivity index is 1.65. The molecule has 1 aromatic rings. The van der Waals surface area contributed by atoms with E-state index in [9.17, 15) is 29.1 Å². The number of aryl methyl sites for hydroxylation is 1. The number of esters is 3. The van der Waals surface area contributed by atoms with Crippen molar-refractivity contribution >= 4 is 29.7 Å². The van der Waals surface area contributed by atoms with Crippen LogP contribution in [0.15, 0.2) is 70.9 Å². The first-order valence-electron chi connectivity index (χ1n) is 18.4. The molecule has 8 unspecified atom stereocenters. The van der Waals surface area contributed by atoms with Crippen LogP contribution in [0.1, 0.15) is 73.5 Å². The van der Waals surface area contributed by atoms with Crippen molar-refractivity contribution in [3.63, 3.8) is 0 Å². The van der Waals surface area contributed by atoms with Gasteiger partial charge in [-0.1, -0.05) is 62.5 Å². The molecule has 14 heteroatoms. The van der Waals surface area contributed by atoms with Gasteiger partial charge in [0.05, 0.1) is 23.6 Å². The molecule has 8 atom stereocenters. The second kappa shape index (κ2) is 18.7. The van der Waals surface area contributed by atoms with Crippen molar-refractivity contribution in [2.24, 2.45) is 17.3 Å². The van der Waals surface area contributed by atoms with Gasteiger partial charge in [-0.05, 0) is 51.7 Å². The number of nitrogens with one attached hydrogen (secondary N) is 1. The molecule has 3 rings (SSSR count). The number of aliphatic hydroxyl groups is 1. The third kappa shape index (κ3) is 9.53. The molecule has 1 aromatic heterocycles. The number of amides is 2. The highest BCUT2D eigenvalue weighted by molar-refractivity contribution is 5.99. The summed E-state index contributed by atoms with van der Waals surface area (Å²) in [5.74, 6) is -2.52. The number of methoxy groups -OCH3 is 1. The fourth-order valence-electron chi connectivity index (χ4n) is 7.50. The van der Waals surface area contributed by atoms with Crippen LogP contribution in [0.4, 0.5) is 0 Å². The SMILES string of the molecule is COC(CC(C)C(/C=C/C=C/CNC(=O)C(C)(C)C(OC(C)=O)/C(C)=C/C=C/C=C/Cc1cnc(C)o1)OC(C)=O)C1(O)C(C)C(=O)N(C)C12C(=O)OC2C. The van der Waals surface area contributed by atoms with Gasteiger partial charge in [-0.3, -0.25) is 19.2 Å². The molecule has 2 aliphatic rings. The molecule has 14 nitrogen and oxygen atoms in total. The number of cyclic esters (lactones) is 1. The molecule has 302 valence electrons. The number of aromatic nitrogens is 1. The van der Waals surface area contributed by atoms with Crippen LogP contribution in [-0.4, -0.2) is 101 Å². The number of oxazole rings is 1. The first kappa shape index (κ1) is 44.6. The quantitative estimate of drug-likeness (QED) is 0.123. The molecular formula is C41H57N3O11. The van der Waals surface area contributed by atoms with E-state index in [1.807, 2.05) is 25.2 Å². The molecule has 0 saturated carbocycles. The number of carbonyl (C=O) groups is 5. The first-order valence-corrected chi connectivity index (χ1v) is 18.4. The van der Waals surface area contributed by atoms with Gasteiger partial charge in [0, 0.05) is 47.9 Å². The number of likely N-dealkylation sites (N-methyl/N-ethyl adjacent to an activating group) is 1. The molecule has 0 aromatic carbocycles. The zero-order chi connectivity index (χ0) is 41.3. The summed E-state index contributed by atoms with van der Waals surface area (Å²) < 4.78 is 27.7. The Morgan fingerprint density at radius 2 is 1.71 bits per heavy atom. The molecule has 2 aliphatic heterocycles. The summed E-state index contributed by atoms with van der Waals surface area (Å²) in [5, 5.41) is 15.0. The number of hydrogen-bond acceptors (Lipinski definition) is 12. The van der Waals surface area contributed by atoms with Gasteiger partial charge in [0.1, 0.15) is 29.7 Å². The van der Waals surface area contributed by atoms with Gasteiger partial charge < -0.3 is 38.7 Å². The van der Waals surface area contributed by atoms with Gasteiger partial charge in [0.15, 0.2) is 5.89 Å². The van der Waals surface area contributed by atoms with E-state index in [4.69, 9.17) is 23.4 Å². The molecule has 0 bridgehead atoms. The number of nitrogens with zero attached hydrogens (tertiary/aromatic N) is 2. The van der Waals surface area contributed by atoms with Crippen LogP contribution in [0.25, 0.3) is 0 Å². The smallest absolute Gasteiger partial charge is 0.339 e. The Morgan fingerprint density at radius 3 is 2.27 bits per heavy atom. The van der Waals surface area contributed by atoms with E-state index in [0.717, 1.165) is 5.76 Å². The Kier molecular flexibility index (Phi) is 15.1. The first-order chi connectivity index (χ1) is 25.8. The molecule has 1 spiro atoms. The van der Waals surface area contributed by atoms with E-state index in [1.165, 1.54) is 32.9 Å². The topological polar surface area (TPSA) is 184 Å². The van der Waals surface area contributed by atoms with Crippen molar-refractivity contribution in [2.45, 2.75) is 111 Å². The van der Waals surface area contributed by atoms with Gasteiger partial charge in [-0.15, -0.1) is 0 Å². The number of rotatable bonds is 18. The Morgan fingerprint density at radius 1 is 1.05 bits per heavy atom. The van der Waals surface area contributed by atoms with E-state index in [-0.39, 0.29) is 18.9 Å².